The van der Waals surface area contributed by atoms with Gasteiger partial charge in [0, 0.05) is 44.0 Å². The van der Waals surface area contributed by atoms with Gasteiger partial charge in [0.2, 0.25) is 0 Å². The largest absolute Gasteiger partial charge is 0.484 e. The summed E-state index contributed by atoms with van der Waals surface area (Å²) < 4.78 is 7.98. The van der Waals surface area contributed by atoms with Crippen molar-refractivity contribution in [3.05, 3.63) is 53.6 Å². The first-order chi connectivity index (χ1) is 12.7. The lowest BCUT2D eigenvalue weighted by Gasteiger charge is -2.25. The molecule has 0 unspecified atom stereocenters. The van der Waals surface area contributed by atoms with Gasteiger partial charge >= 0.3 is 0 Å². The number of fused-ring (bicyclic) bond motifs is 1. The molecule has 1 aliphatic rings. The molecule has 0 amide bonds. The molecule has 0 aliphatic carbocycles. The molecule has 4 rings (SSSR count). The van der Waals surface area contributed by atoms with E-state index in [1.807, 2.05) is 19.1 Å². The van der Waals surface area contributed by atoms with Crippen molar-refractivity contribution in [2.45, 2.75) is 46.0 Å². The van der Waals surface area contributed by atoms with Crippen LogP contribution in [0.5, 0.6) is 5.75 Å². The Kier molecular flexibility index (Phi) is 4.66. The van der Waals surface area contributed by atoms with Gasteiger partial charge in [0.25, 0.3) is 0 Å². The quantitative estimate of drug-likeness (QED) is 0.752. The van der Waals surface area contributed by atoms with Gasteiger partial charge in [-0.1, -0.05) is 0 Å². The van der Waals surface area contributed by atoms with E-state index in [9.17, 15) is 0 Å². The molecule has 0 bridgehead atoms. The topological polar surface area (TPSA) is 84.8 Å². The smallest absolute Gasteiger partial charge is 0.171 e. The Morgan fingerprint density at radius 3 is 3.00 bits per heavy atom. The number of H-pyrrole nitrogens is 1. The minimum atomic E-state index is 0.379. The van der Waals surface area contributed by atoms with Crippen molar-refractivity contribution in [3.8, 4) is 5.75 Å². The van der Waals surface area contributed by atoms with Crippen molar-refractivity contribution in [1.29, 1.82) is 0 Å². The molecule has 0 saturated carbocycles. The number of nitrogens with zero attached hydrogens (tertiary/aromatic N) is 6. The average Bonchev–Trinajstić information content (AvgIpc) is 3.19. The summed E-state index contributed by atoms with van der Waals surface area (Å²) >= 11 is 0. The van der Waals surface area contributed by atoms with Crippen molar-refractivity contribution < 1.29 is 4.74 Å². The molecule has 1 atom stereocenters. The highest BCUT2D eigenvalue weighted by atomic mass is 16.5. The number of nitrogens with one attached hydrogen (secondary N) is 1. The normalized spacial score (nSPS) is 17.7. The minimum absolute atomic E-state index is 0.379. The van der Waals surface area contributed by atoms with E-state index >= 15 is 0 Å². The molecule has 0 spiro atoms. The maximum absolute atomic E-state index is 5.80. The standard InChI is InChI=1S/C18H23N7O/c1-13-8-15(21-20-13)11-24-6-7-25-17(9-14(24)2)22-23-18(25)12-26-16-4-3-5-19-10-16/h3-5,8,10,14H,6-7,9,11-12H2,1-2H3,(H,20,21)/t14-/m0/s1. The lowest BCUT2D eigenvalue weighted by Crippen LogP contribution is -2.34. The highest BCUT2D eigenvalue weighted by Gasteiger charge is 2.24. The molecule has 1 aliphatic heterocycles. The van der Waals surface area contributed by atoms with Crippen molar-refractivity contribution >= 4 is 0 Å². The SMILES string of the molecule is Cc1cc(CN2CCn3c(COc4cccnc4)nnc3C[C@@H]2C)n[nH]1. The molecule has 8 heteroatoms. The third-order valence-electron chi connectivity index (χ3n) is 4.74. The lowest BCUT2D eigenvalue weighted by molar-refractivity contribution is 0.199. The number of hydrogen-bond acceptors (Lipinski definition) is 6. The second kappa shape index (κ2) is 7.25. The zero-order chi connectivity index (χ0) is 17.9. The summed E-state index contributed by atoms with van der Waals surface area (Å²) in [5, 5.41) is 16.1. The van der Waals surface area contributed by atoms with Gasteiger partial charge in [-0.2, -0.15) is 5.10 Å². The second-order valence-electron chi connectivity index (χ2n) is 6.73. The van der Waals surface area contributed by atoms with Crippen LogP contribution in [-0.4, -0.2) is 47.4 Å². The predicted molar refractivity (Wildman–Crippen MR) is 95.5 cm³/mol. The van der Waals surface area contributed by atoms with Crippen LogP contribution in [0.2, 0.25) is 0 Å². The number of aryl methyl sites for hydroxylation is 1. The fourth-order valence-electron chi connectivity index (χ4n) is 3.31. The predicted octanol–water partition coefficient (Wildman–Crippen LogP) is 1.73. The minimum Gasteiger partial charge on any atom is -0.484 e. The summed E-state index contributed by atoms with van der Waals surface area (Å²) in [6, 6.07) is 6.23. The van der Waals surface area contributed by atoms with Crippen LogP contribution in [0.25, 0.3) is 0 Å². The molecule has 0 radical (unpaired) electrons. The van der Waals surface area contributed by atoms with Gasteiger partial charge in [-0.05, 0) is 32.0 Å². The first-order valence-electron chi connectivity index (χ1n) is 8.88. The number of hydrogen-bond donors (Lipinski definition) is 1. The highest BCUT2D eigenvalue weighted by molar-refractivity contribution is 5.15. The first kappa shape index (κ1) is 16.7. The van der Waals surface area contributed by atoms with Gasteiger partial charge in [0.15, 0.2) is 5.82 Å². The van der Waals surface area contributed by atoms with Crippen LogP contribution in [0.15, 0.2) is 30.6 Å². The number of aromatic amines is 1. The van der Waals surface area contributed by atoms with E-state index in [1.165, 1.54) is 0 Å². The number of aromatic nitrogens is 6. The zero-order valence-electron chi connectivity index (χ0n) is 15.1. The van der Waals surface area contributed by atoms with Crippen molar-refractivity contribution in [2.24, 2.45) is 0 Å². The molecule has 26 heavy (non-hydrogen) atoms. The van der Waals surface area contributed by atoms with Crippen LogP contribution in [-0.2, 0) is 26.1 Å². The summed E-state index contributed by atoms with van der Waals surface area (Å²) in [5.74, 6) is 2.61. The van der Waals surface area contributed by atoms with E-state index in [1.54, 1.807) is 12.4 Å². The summed E-state index contributed by atoms with van der Waals surface area (Å²) in [5.41, 5.74) is 2.17. The summed E-state index contributed by atoms with van der Waals surface area (Å²) in [7, 11) is 0. The van der Waals surface area contributed by atoms with Crippen LogP contribution >= 0.6 is 0 Å². The van der Waals surface area contributed by atoms with E-state index in [0.717, 1.165) is 54.8 Å². The van der Waals surface area contributed by atoms with Crippen LogP contribution in [0.4, 0.5) is 0 Å². The van der Waals surface area contributed by atoms with Gasteiger partial charge < -0.3 is 9.30 Å². The Morgan fingerprint density at radius 2 is 2.23 bits per heavy atom. The Labute approximate surface area is 152 Å². The van der Waals surface area contributed by atoms with Crippen LogP contribution in [0.1, 0.15) is 30.0 Å². The molecular formula is C18H23N7O. The first-order valence-corrected chi connectivity index (χ1v) is 8.88. The molecule has 0 saturated heterocycles. The maximum Gasteiger partial charge on any atom is 0.171 e. The Balaban J connectivity index is 1.44. The van der Waals surface area contributed by atoms with Crippen molar-refractivity contribution in [1.82, 2.24) is 34.8 Å². The maximum atomic E-state index is 5.80. The van der Waals surface area contributed by atoms with Gasteiger partial charge in [-0.15, -0.1) is 10.2 Å². The molecule has 8 nitrogen and oxygen atoms in total. The summed E-state index contributed by atoms with van der Waals surface area (Å²) in [6.07, 6.45) is 4.30. The molecule has 0 fully saturated rings. The summed E-state index contributed by atoms with van der Waals surface area (Å²) in [4.78, 5) is 6.51. The van der Waals surface area contributed by atoms with Gasteiger partial charge in [0.1, 0.15) is 18.2 Å². The lowest BCUT2D eigenvalue weighted by atomic mass is 10.2. The molecular weight excluding hydrogens is 330 g/mol. The van der Waals surface area contributed by atoms with E-state index < -0.39 is 0 Å². The second-order valence-corrected chi connectivity index (χ2v) is 6.73. The monoisotopic (exact) mass is 353 g/mol. The Morgan fingerprint density at radius 1 is 1.31 bits per heavy atom. The Hall–Kier alpha value is -2.74. The van der Waals surface area contributed by atoms with Crippen molar-refractivity contribution in [2.75, 3.05) is 6.54 Å². The van der Waals surface area contributed by atoms with E-state index in [-0.39, 0.29) is 0 Å². The van der Waals surface area contributed by atoms with Gasteiger partial charge in [-0.3, -0.25) is 15.0 Å². The molecule has 1 N–H and O–H groups in total. The summed E-state index contributed by atoms with van der Waals surface area (Å²) in [6.45, 7) is 7.27. The van der Waals surface area contributed by atoms with Crippen LogP contribution in [0, 0.1) is 6.92 Å². The fourth-order valence-corrected chi connectivity index (χ4v) is 3.31. The molecule has 3 aromatic heterocycles. The van der Waals surface area contributed by atoms with E-state index in [4.69, 9.17) is 4.74 Å². The average molecular weight is 353 g/mol. The van der Waals surface area contributed by atoms with Crippen molar-refractivity contribution in [3.63, 3.8) is 0 Å². The third-order valence-corrected chi connectivity index (χ3v) is 4.74. The highest BCUT2D eigenvalue weighted by Crippen LogP contribution is 2.18. The van der Waals surface area contributed by atoms with Gasteiger partial charge in [-0.25, -0.2) is 0 Å². The van der Waals surface area contributed by atoms with E-state index in [2.05, 4.69) is 47.8 Å². The molecule has 0 aromatic carbocycles. The molecule has 136 valence electrons. The Bertz CT molecular complexity index is 858. The van der Waals surface area contributed by atoms with E-state index in [0.29, 0.717) is 12.6 Å². The number of ether oxygens (including phenoxy) is 1. The number of rotatable bonds is 5. The molecule has 4 heterocycles. The van der Waals surface area contributed by atoms with Crippen LogP contribution < -0.4 is 4.74 Å². The molecule has 3 aromatic rings. The van der Waals surface area contributed by atoms with Crippen LogP contribution in [0.3, 0.4) is 0 Å². The van der Waals surface area contributed by atoms with Gasteiger partial charge in [0.05, 0.1) is 11.9 Å². The fraction of sp³-hybridized carbons (Fsp3) is 0.444. The number of pyridine rings is 1. The zero-order valence-corrected chi connectivity index (χ0v) is 15.1. The third kappa shape index (κ3) is 3.60.